The fourth-order valence-corrected chi connectivity index (χ4v) is 2.22. The van der Waals surface area contributed by atoms with Crippen molar-refractivity contribution in [1.29, 1.82) is 0 Å². The molecule has 1 aromatic carbocycles. The monoisotopic (exact) mass is 232 g/mol. The van der Waals surface area contributed by atoms with Gasteiger partial charge in [-0.25, -0.2) is 4.98 Å². The van der Waals surface area contributed by atoms with Crippen LogP contribution in [0.25, 0.3) is 10.2 Å². The van der Waals surface area contributed by atoms with E-state index in [0.29, 0.717) is 11.1 Å². The number of amides is 1. The lowest BCUT2D eigenvalue weighted by molar-refractivity contribution is -0.112. The number of aromatic hydroxyl groups is 1. The number of hydrogen-bond acceptors (Lipinski definition) is 4. The summed E-state index contributed by atoms with van der Waals surface area (Å²) in [6, 6.07) is 3.24. The molecule has 0 aliphatic carbocycles. The van der Waals surface area contributed by atoms with E-state index >= 15 is 0 Å². The number of thiazole rings is 1. The standard InChI is InChI=1S/C11H8N2O2S/c1-6-13-11-8(14)4-7(2-3-10(12)15)5-9(11)16-6/h4-5,14H,1H3,(H2,12,15). The quantitative estimate of drug-likeness (QED) is 0.669. The Morgan fingerprint density at radius 2 is 2.31 bits per heavy atom. The van der Waals surface area contributed by atoms with Crippen LogP contribution < -0.4 is 5.73 Å². The van der Waals surface area contributed by atoms with Gasteiger partial charge in [0.1, 0.15) is 11.3 Å². The molecule has 4 nitrogen and oxygen atoms in total. The van der Waals surface area contributed by atoms with E-state index in [0.717, 1.165) is 9.71 Å². The number of nitrogens with zero attached hydrogens (tertiary/aromatic N) is 1. The first-order valence-electron chi connectivity index (χ1n) is 4.48. The van der Waals surface area contributed by atoms with Gasteiger partial charge in [-0.2, -0.15) is 0 Å². The predicted octanol–water partition coefficient (Wildman–Crippen LogP) is 1.15. The molecule has 0 saturated carbocycles. The summed E-state index contributed by atoms with van der Waals surface area (Å²) >= 11 is 1.46. The fourth-order valence-electron chi connectivity index (χ4n) is 1.33. The molecule has 0 spiro atoms. The Morgan fingerprint density at radius 3 is 3.00 bits per heavy atom. The highest BCUT2D eigenvalue weighted by atomic mass is 32.1. The van der Waals surface area contributed by atoms with Crippen molar-refractivity contribution in [2.45, 2.75) is 6.92 Å². The van der Waals surface area contributed by atoms with Gasteiger partial charge in [0, 0.05) is 5.56 Å². The second-order valence-corrected chi connectivity index (χ2v) is 4.42. The zero-order valence-corrected chi connectivity index (χ0v) is 9.26. The van der Waals surface area contributed by atoms with Gasteiger partial charge < -0.3 is 10.8 Å². The molecule has 1 amide bonds. The average Bonchev–Trinajstić information content (AvgIpc) is 2.56. The maximum Gasteiger partial charge on any atom is 0.293 e. The van der Waals surface area contributed by atoms with E-state index in [-0.39, 0.29) is 5.75 Å². The van der Waals surface area contributed by atoms with Gasteiger partial charge in [0.15, 0.2) is 0 Å². The van der Waals surface area contributed by atoms with E-state index in [2.05, 4.69) is 16.8 Å². The predicted molar refractivity (Wildman–Crippen MR) is 62.1 cm³/mol. The molecule has 0 saturated heterocycles. The van der Waals surface area contributed by atoms with Crippen molar-refractivity contribution >= 4 is 27.5 Å². The zero-order chi connectivity index (χ0) is 11.7. The second kappa shape index (κ2) is 3.83. The Hall–Kier alpha value is -2.06. The number of phenols is 1. The molecule has 1 heterocycles. The van der Waals surface area contributed by atoms with Gasteiger partial charge >= 0.3 is 0 Å². The first-order valence-corrected chi connectivity index (χ1v) is 5.29. The molecular weight excluding hydrogens is 224 g/mol. The third-order valence-electron chi connectivity index (χ3n) is 1.91. The fraction of sp³-hybridized carbons (Fsp3) is 0.0909. The molecule has 1 aromatic heterocycles. The van der Waals surface area contributed by atoms with Crippen molar-refractivity contribution in [2.24, 2.45) is 5.73 Å². The van der Waals surface area contributed by atoms with Gasteiger partial charge in [-0.05, 0) is 25.0 Å². The molecule has 2 rings (SSSR count). The highest BCUT2D eigenvalue weighted by Crippen LogP contribution is 2.29. The SMILES string of the molecule is Cc1nc2c(O)cc(C#CC(N)=O)cc2s1. The Morgan fingerprint density at radius 1 is 1.56 bits per heavy atom. The summed E-state index contributed by atoms with van der Waals surface area (Å²) in [4.78, 5) is 14.7. The molecule has 80 valence electrons. The number of primary amides is 1. The van der Waals surface area contributed by atoms with E-state index < -0.39 is 5.91 Å². The summed E-state index contributed by atoms with van der Waals surface area (Å²) in [6.07, 6.45) is 0. The van der Waals surface area contributed by atoms with Crippen molar-refractivity contribution < 1.29 is 9.90 Å². The van der Waals surface area contributed by atoms with E-state index in [1.54, 1.807) is 6.07 Å². The van der Waals surface area contributed by atoms with Crippen LogP contribution in [-0.2, 0) is 4.79 Å². The lowest BCUT2D eigenvalue weighted by Gasteiger charge is -1.94. The van der Waals surface area contributed by atoms with Crippen molar-refractivity contribution in [3.05, 3.63) is 22.7 Å². The van der Waals surface area contributed by atoms with Crippen LogP contribution in [0.3, 0.4) is 0 Å². The Labute approximate surface area is 95.7 Å². The Kier molecular flexibility index (Phi) is 2.50. The smallest absolute Gasteiger partial charge is 0.293 e. The van der Waals surface area contributed by atoms with Crippen molar-refractivity contribution in [2.75, 3.05) is 0 Å². The van der Waals surface area contributed by atoms with E-state index in [1.165, 1.54) is 17.4 Å². The van der Waals surface area contributed by atoms with Gasteiger partial charge in [-0.15, -0.1) is 11.3 Å². The Bertz CT molecular complexity index is 634. The minimum Gasteiger partial charge on any atom is -0.506 e. The third kappa shape index (κ3) is 1.97. The molecule has 2 aromatic rings. The number of fused-ring (bicyclic) bond motifs is 1. The summed E-state index contributed by atoms with van der Waals surface area (Å²) in [6.45, 7) is 1.86. The normalized spacial score (nSPS) is 9.81. The van der Waals surface area contributed by atoms with Gasteiger partial charge in [-0.1, -0.05) is 5.92 Å². The number of phenolic OH excluding ortho intramolecular Hbond substituents is 1. The number of hydrogen-bond donors (Lipinski definition) is 2. The molecule has 16 heavy (non-hydrogen) atoms. The largest absolute Gasteiger partial charge is 0.506 e. The van der Waals surface area contributed by atoms with Crippen LogP contribution in [0.5, 0.6) is 5.75 Å². The molecule has 0 atom stereocenters. The van der Waals surface area contributed by atoms with Crippen LogP contribution >= 0.6 is 11.3 Å². The van der Waals surface area contributed by atoms with Crippen molar-refractivity contribution in [1.82, 2.24) is 4.98 Å². The first kappa shape index (κ1) is 10.5. The minimum atomic E-state index is -0.694. The number of carbonyl (C=O) groups is 1. The molecular formula is C11H8N2O2S. The number of aryl methyl sites for hydroxylation is 1. The number of rotatable bonds is 0. The van der Waals surface area contributed by atoms with Crippen LogP contribution in [0.2, 0.25) is 0 Å². The first-order chi connectivity index (χ1) is 7.56. The molecule has 0 fully saturated rings. The molecule has 0 aliphatic heterocycles. The Balaban J connectivity index is 2.58. The average molecular weight is 232 g/mol. The second-order valence-electron chi connectivity index (χ2n) is 3.19. The van der Waals surface area contributed by atoms with Crippen LogP contribution in [-0.4, -0.2) is 16.0 Å². The summed E-state index contributed by atoms with van der Waals surface area (Å²) in [5.74, 6) is 4.17. The van der Waals surface area contributed by atoms with Crippen LogP contribution in [0.15, 0.2) is 12.1 Å². The third-order valence-corrected chi connectivity index (χ3v) is 2.83. The van der Waals surface area contributed by atoms with Crippen LogP contribution in [0.1, 0.15) is 10.6 Å². The molecule has 5 heteroatoms. The molecule has 0 bridgehead atoms. The maximum atomic E-state index is 10.5. The van der Waals surface area contributed by atoms with Gasteiger partial charge in [-0.3, -0.25) is 4.79 Å². The topological polar surface area (TPSA) is 76.2 Å². The number of nitrogens with two attached hydrogens (primary N) is 1. The number of carbonyl (C=O) groups excluding carboxylic acids is 1. The summed E-state index contributed by atoms with van der Waals surface area (Å²) in [5, 5.41) is 10.6. The highest BCUT2D eigenvalue weighted by molar-refractivity contribution is 7.18. The van der Waals surface area contributed by atoms with Gasteiger partial charge in [0.2, 0.25) is 0 Å². The van der Waals surface area contributed by atoms with E-state index in [9.17, 15) is 9.90 Å². The van der Waals surface area contributed by atoms with Crippen molar-refractivity contribution in [3.8, 4) is 17.6 Å². The number of aromatic nitrogens is 1. The van der Waals surface area contributed by atoms with Crippen LogP contribution in [0, 0.1) is 18.8 Å². The summed E-state index contributed by atoms with van der Waals surface area (Å²) in [7, 11) is 0. The van der Waals surface area contributed by atoms with E-state index in [1.807, 2.05) is 6.92 Å². The number of benzene rings is 1. The van der Waals surface area contributed by atoms with Gasteiger partial charge in [0.05, 0.1) is 9.71 Å². The van der Waals surface area contributed by atoms with Crippen molar-refractivity contribution in [3.63, 3.8) is 0 Å². The van der Waals surface area contributed by atoms with E-state index in [4.69, 9.17) is 5.73 Å². The van der Waals surface area contributed by atoms with Crippen LogP contribution in [0.4, 0.5) is 0 Å². The molecule has 0 aliphatic rings. The maximum absolute atomic E-state index is 10.5. The lowest BCUT2D eigenvalue weighted by atomic mass is 10.2. The van der Waals surface area contributed by atoms with Gasteiger partial charge in [0.25, 0.3) is 5.91 Å². The molecule has 0 unspecified atom stereocenters. The summed E-state index contributed by atoms with van der Waals surface area (Å²) < 4.78 is 0.839. The minimum absolute atomic E-state index is 0.0654. The molecule has 3 N–H and O–H groups in total. The zero-order valence-electron chi connectivity index (χ0n) is 8.44. The highest BCUT2D eigenvalue weighted by Gasteiger charge is 2.06. The lowest BCUT2D eigenvalue weighted by Crippen LogP contribution is -2.06. The summed E-state index contributed by atoms with van der Waals surface area (Å²) in [5.41, 5.74) is 6.02. The molecule has 0 radical (unpaired) electrons.